The van der Waals surface area contributed by atoms with Crippen LogP contribution >= 0.6 is 0 Å². The number of benzene rings is 5. The van der Waals surface area contributed by atoms with Gasteiger partial charge in [-0.25, -0.2) is 4.98 Å². The molecule has 5 aromatic carbocycles. The monoisotopic (exact) mass is 886 g/mol. The molecule has 6 heteroatoms. The zero-order valence-electron chi connectivity index (χ0n) is 31.8. The van der Waals surface area contributed by atoms with Gasteiger partial charge < -0.3 is 14.0 Å². The molecule has 270 valence electrons. The summed E-state index contributed by atoms with van der Waals surface area (Å²) < 4.78 is 16.1. The van der Waals surface area contributed by atoms with E-state index >= 15 is 0 Å². The molecule has 2 atom stereocenters. The van der Waals surface area contributed by atoms with Gasteiger partial charge in [-0.1, -0.05) is 142 Å². The Labute approximate surface area is 331 Å². The molecule has 54 heavy (non-hydrogen) atoms. The van der Waals surface area contributed by atoms with Crippen molar-refractivity contribution in [2.75, 3.05) is 0 Å². The van der Waals surface area contributed by atoms with Crippen molar-refractivity contribution in [3.8, 4) is 28.4 Å². The van der Waals surface area contributed by atoms with E-state index in [9.17, 15) is 0 Å². The maximum absolute atomic E-state index is 6.99. The number of pyridine rings is 1. The minimum Gasteiger partial charge on any atom is -0.508 e. The predicted molar refractivity (Wildman–Crippen MR) is 213 cm³/mol. The van der Waals surface area contributed by atoms with Crippen LogP contribution in [0.1, 0.15) is 80.5 Å². The fraction of sp³-hybridized carbons (Fsp3) is 0.250. The molecule has 0 unspecified atom stereocenters. The van der Waals surface area contributed by atoms with Crippen LogP contribution in [0.3, 0.4) is 0 Å². The van der Waals surface area contributed by atoms with Gasteiger partial charge in [0.25, 0.3) is 0 Å². The van der Waals surface area contributed by atoms with Gasteiger partial charge in [0, 0.05) is 45.2 Å². The minimum atomic E-state index is -0.635. The molecule has 5 nitrogen and oxygen atoms in total. The Bertz CT molecular complexity index is 2740. The summed E-state index contributed by atoms with van der Waals surface area (Å²) in [6.07, 6.45) is 1.88. The summed E-state index contributed by atoms with van der Waals surface area (Å²) in [5, 5.41) is 2.34. The van der Waals surface area contributed by atoms with Crippen molar-refractivity contribution in [3.63, 3.8) is 0 Å². The molecule has 0 bridgehead atoms. The molecule has 2 aliphatic heterocycles. The number of hydrogen-bond donors (Lipinski definition) is 0. The average molecular weight is 887 g/mol. The predicted octanol–water partition coefficient (Wildman–Crippen LogP) is 11.2. The molecule has 4 heterocycles. The first-order chi connectivity index (χ1) is 25.3. The molecule has 7 aromatic rings. The summed E-state index contributed by atoms with van der Waals surface area (Å²) >= 11 is 0. The first-order valence-corrected chi connectivity index (χ1v) is 18.5. The Morgan fingerprint density at radius 1 is 0.704 bits per heavy atom. The van der Waals surface area contributed by atoms with Crippen molar-refractivity contribution in [3.05, 3.63) is 154 Å². The van der Waals surface area contributed by atoms with E-state index in [2.05, 4.69) is 157 Å². The quantitative estimate of drug-likeness (QED) is 0.165. The fourth-order valence-corrected chi connectivity index (χ4v) is 9.47. The molecule has 0 fully saturated rings. The van der Waals surface area contributed by atoms with Crippen LogP contribution in [-0.4, -0.2) is 21.0 Å². The van der Waals surface area contributed by atoms with Gasteiger partial charge in [0.15, 0.2) is 0 Å². The Hall–Kier alpha value is -4.99. The normalized spacial score (nSPS) is 21.1. The largest absolute Gasteiger partial charge is 2.00 e. The Balaban J connectivity index is 0.00000384. The molecule has 3 aliphatic rings. The Kier molecular flexibility index (Phi) is 7.41. The second-order valence-corrected chi connectivity index (χ2v) is 16.5. The molecule has 0 saturated carbocycles. The number of ether oxygens (including phenoxy) is 2. The van der Waals surface area contributed by atoms with Crippen molar-refractivity contribution < 1.29 is 30.5 Å². The number of hydrogen-bond acceptors (Lipinski definition) is 4. The summed E-state index contributed by atoms with van der Waals surface area (Å²) in [4.78, 5) is 10.4. The van der Waals surface area contributed by atoms with E-state index in [1.54, 1.807) is 0 Å². The second kappa shape index (κ2) is 11.5. The summed E-state index contributed by atoms with van der Waals surface area (Å²) in [6, 6.07) is 41.5. The number of fused-ring (bicyclic) bond motifs is 8. The average Bonchev–Trinajstić information content (AvgIpc) is 3.66. The van der Waals surface area contributed by atoms with E-state index in [4.69, 9.17) is 19.5 Å². The molecule has 0 spiro atoms. The van der Waals surface area contributed by atoms with Crippen LogP contribution in [-0.2, 0) is 42.2 Å². The molecule has 0 N–H and O–H groups in total. The van der Waals surface area contributed by atoms with Crippen molar-refractivity contribution >= 4 is 27.7 Å². The van der Waals surface area contributed by atoms with E-state index in [1.807, 2.05) is 18.3 Å². The number of rotatable bonds is 4. The fourth-order valence-electron chi connectivity index (χ4n) is 9.47. The standard InChI is InChI=1S/C48H41N3O2.Pt/c1-28-21-35-34-23-29(2)41(27-40(34)51-42(35)39(22-28)45(3,4)38-19-14-20-49-43(38)51)52-33-25-31(30-15-10-9-11-16-30)24-32(26-33)44-50-48(8)46(5,6)36-17-12-13-18-37(36)47(48,7)53-44;/h9-25H,1-8H3;/q-2;+2/t47-,48+;/m0./s1. The molecule has 0 radical (unpaired) electrons. The van der Waals surface area contributed by atoms with Gasteiger partial charge >= 0.3 is 21.1 Å². The third-order valence-electron chi connectivity index (χ3n) is 12.8. The Morgan fingerprint density at radius 3 is 2.20 bits per heavy atom. The van der Waals surface area contributed by atoms with Crippen LogP contribution in [0.15, 0.2) is 108 Å². The van der Waals surface area contributed by atoms with E-state index in [0.29, 0.717) is 17.4 Å². The molecular weight excluding hydrogens is 846 g/mol. The van der Waals surface area contributed by atoms with Crippen LogP contribution in [0, 0.1) is 26.0 Å². The number of nitrogens with zero attached hydrogens (tertiary/aromatic N) is 3. The molecule has 10 rings (SSSR count). The van der Waals surface area contributed by atoms with Gasteiger partial charge in [0.1, 0.15) is 22.9 Å². The zero-order chi connectivity index (χ0) is 36.7. The molecule has 2 aromatic heterocycles. The second-order valence-electron chi connectivity index (χ2n) is 16.5. The van der Waals surface area contributed by atoms with E-state index in [-0.39, 0.29) is 31.9 Å². The van der Waals surface area contributed by atoms with Gasteiger partial charge in [0.05, 0.1) is 0 Å². The van der Waals surface area contributed by atoms with Crippen molar-refractivity contribution in [2.24, 2.45) is 4.99 Å². The summed E-state index contributed by atoms with van der Waals surface area (Å²) in [7, 11) is 0. The summed E-state index contributed by atoms with van der Waals surface area (Å²) in [6.45, 7) is 17.8. The van der Waals surface area contributed by atoms with Crippen molar-refractivity contribution in [1.82, 2.24) is 9.55 Å². The number of aromatic nitrogens is 2. The van der Waals surface area contributed by atoms with Gasteiger partial charge in [-0.2, -0.15) is 6.07 Å². The molecule has 0 saturated heterocycles. The maximum Gasteiger partial charge on any atom is 2.00 e. The SMILES string of the molecule is Cc1cc2c3c(c1)c1cc(C)c(Oc4[c-]c(C5=N[C@]6(C)C(C)(C)c7ccccc7[C@]6(C)O5)cc(-c5ccccc5)c4)[c-]c1n3-c1ncccc1C2(C)C.[Pt+2]. The first kappa shape index (κ1) is 34.8. The van der Waals surface area contributed by atoms with Crippen molar-refractivity contribution in [1.29, 1.82) is 0 Å². The van der Waals surface area contributed by atoms with Crippen LogP contribution in [0.2, 0.25) is 0 Å². The molecular formula is C48H41N3O2Pt. The van der Waals surface area contributed by atoms with Gasteiger partial charge in [-0.15, -0.1) is 23.1 Å². The zero-order valence-corrected chi connectivity index (χ0v) is 34.1. The van der Waals surface area contributed by atoms with Crippen LogP contribution in [0.5, 0.6) is 11.5 Å². The van der Waals surface area contributed by atoms with Crippen LogP contribution in [0.25, 0.3) is 38.8 Å². The van der Waals surface area contributed by atoms with Gasteiger partial charge in [-0.3, -0.25) is 4.99 Å². The van der Waals surface area contributed by atoms with Crippen molar-refractivity contribution in [2.45, 2.75) is 77.4 Å². The first-order valence-electron chi connectivity index (χ1n) is 18.5. The molecule has 1 aliphatic carbocycles. The summed E-state index contributed by atoms with van der Waals surface area (Å²) in [5.41, 5.74) is 10.5. The number of aryl methyl sites for hydroxylation is 2. The third kappa shape index (κ3) is 4.48. The smallest absolute Gasteiger partial charge is 0.508 e. The van der Waals surface area contributed by atoms with E-state index in [1.165, 1.54) is 38.7 Å². The summed E-state index contributed by atoms with van der Waals surface area (Å²) in [5.74, 6) is 2.73. The molecule has 0 amide bonds. The van der Waals surface area contributed by atoms with Gasteiger partial charge in [-0.05, 0) is 48.9 Å². The van der Waals surface area contributed by atoms with Crippen LogP contribution in [0.4, 0.5) is 0 Å². The maximum atomic E-state index is 6.99. The van der Waals surface area contributed by atoms with E-state index in [0.717, 1.165) is 39.0 Å². The Morgan fingerprint density at radius 2 is 1.43 bits per heavy atom. The topological polar surface area (TPSA) is 48.6 Å². The van der Waals surface area contributed by atoms with E-state index < -0.39 is 11.1 Å². The minimum absolute atomic E-state index is 0. The number of aliphatic imine (C=N–C) groups is 1. The van der Waals surface area contributed by atoms with Gasteiger partial charge in [0.2, 0.25) is 0 Å². The van der Waals surface area contributed by atoms with Crippen LogP contribution < -0.4 is 4.74 Å². The third-order valence-corrected chi connectivity index (χ3v) is 12.8.